The molecule has 23 heavy (non-hydrogen) atoms. The average molecular weight is 331 g/mol. The van der Waals surface area contributed by atoms with Crippen molar-refractivity contribution in [2.75, 3.05) is 0 Å². The van der Waals surface area contributed by atoms with Gasteiger partial charge >= 0.3 is 0 Å². The molecule has 0 aromatic rings. The molecule has 1 unspecified atom stereocenters. The number of ketones is 1. The molecule has 6 atom stereocenters. The SMILES string of the molecule is C#CC1CCC2=C(Cl)C[C@@H]3[C@@H](CC[C@]4(C)C(=O)CC[C@@H]34)[C@@]2(C)C1. The maximum absolute atomic E-state index is 12.5. The minimum absolute atomic E-state index is 0.0770. The highest BCUT2D eigenvalue weighted by atomic mass is 35.5. The Morgan fingerprint density at radius 3 is 2.61 bits per heavy atom. The fourth-order valence-corrected chi connectivity index (χ4v) is 7.26. The van der Waals surface area contributed by atoms with Crippen LogP contribution in [0, 0.1) is 46.8 Å². The highest BCUT2D eigenvalue weighted by molar-refractivity contribution is 6.30. The lowest BCUT2D eigenvalue weighted by molar-refractivity contribution is -0.131. The molecule has 3 fully saturated rings. The monoisotopic (exact) mass is 330 g/mol. The number of Topliss-reactive ketones (excluding diaryl/α,β-unsaturated/α-hetero) is 1. The standard InChI is InChI=1S/C21H27ClO/c1-4-13-5-6-17-18(22)11-14-15-7-8-19(23)20(15,2)10-9-16(14)21(17,3)12-13/h1,13-16H,5-12H2,2-3H3/t13?,14-,15-,16+,20-,21+/m0/s1. The van der Waals surface area contributed by atoms with Crippen LogP contribution < -0.4 is 0 Å². The number of fused-ring (bicyclic) bond motifs is 5. The number of carbonyl (C=O) groups is 1. The Morgan fingerprint density at radius 2 is 1.87 bits per heavy atom. The lowest BCUT2D eigenvalue weighted by Crippen LogP contribution is -2.50. The molecule has 3 saturated carbocycles. The van der Waals surface area contributed by atoms with E-state index in [-0.39, 0.29) is 10.8 Å². The number of hydrogen-bond donors (Lipinski definition) is 0. The first-order valence-corrected chi connectivity index (χ1v) is 9.65. The van der Waals surface area contributed by atoms with E-state index in [0.29, 0.717) is 29.5 Å². The van der Waals surface area contributed by atoms with Crippen LogP contribution in [0.1, 0.15) is 65.2 Å². The van der Waals surface area contributed by atoms with Gasteiger partial charge in [0, 0.05) is 22.8 Å². The smallest absolute Gasteiger partial charge is 0.139 e. The van der Waals surface area contributed by atoms with E-state index in [1.807, 2.05) is 0 Å². The summed E-state index contributed by atoms with van der Waals surface area (Å²) in [7, 11) is 0. The maximum atomic E-state index is 12.5. The first kappa shape index (κ1) is 15.8. The van der Waals surface area contributed by atoms with Gasteiger partial charge in [-0.05, 0) is 73.7 Å². The van der Waals surface area contributed by atoms with Crippen LogP contribution >= 0.6 is 11.6 Å². The van der Waals surface area contributed by atoms with E-state index >= 15 is 0 Å². The molecule has 0 radical (unpaired) electrons. The quantitative estimate of drug-likeness (QED) is 0.548. The highest BCUT2D eigenvalue weighted by Crippen LogP contribution is 2.65. The Balaban J connectivity index is 1.74. The molecule has 0 spiro atoms. The Bertz CT molecular complexity index is 626. The van der Waals surface area contributed by atoms with Crippen molar-refractivity contribution in [3.05, 3.63) is 10.6 Å². The second-order valence-electron chi connectivity index (χ2n) is 8.91. The van der Waals surface area contributed by atoms with Gasteiger partial charge in [-0.25, -0.2) is 0 Å². The molecule has 0 bridgehead atoms. The van der Waals surface area contributed by atoms with Crippen molar-refractivity contribution in [2.24, 2.45) is 34.5 Å². The van der Waals surface area contributed by atoms with Crippen LogP contribution in [0.15, 0.2) is 10.6 Å². The molecule has 4 aliphatic rings. The summed E-state index contributed by atoms with van der Waals surface area (Å²) in [6.07, 6.45) is 14.1. The van der Waals surface area contributed by atoms with Crippen molar-refractivity contribution < 1.29 is 4.79 Å². The number of rotatable bonds is 0. The lowest BCUT2D eigenvalue weighted by Gasteiger charge is -2.57. The first-order valence-electron chi connectivity index (χ1n) is 9.27. The van der Waals surface area contributed by atoms with Crippen molar-refractivity contribution in [1.29, 1.82) is 0 Å². The fraction of sp³-hybridized carbons (Fsp3) is 0.762. The van der Waals surface area contributed by atoms with Gasteiger partial charge in [0.1, 0.15) is 5.78 Å². The number of halogens is 1. The van der Waals surface area contributed by atoms with Gasteiger partial charge < -0.3 is 0 Å². The third-order valence-corrected chi connectivity index (χ3v) is 8.43. The van der Waals surface area contributed by atoms with Gasteiger partial charge in [0.2, 0.25) is 0 Å². The average Bonchev–Trinajstić information content (AvgIpc) is 2.82. The summed E-state index contributed by atoms with van der Waals surface area (Å²) in [6.45, 7) is 4.65. The predicted molar refractivity (Wildman–Crippen MR) is 93.8 cm³/mol. The Morgan fingerprint density at radius 1 is 1.13 bits per heavy atom. The van der Waals surface area contributed by atoms with Gasteiger partial charge in [0.15, 0.2) is 0 Å². The van der Waals surface area contributed by atoms with E-state index in [0.717, 1.165) is 50.0 Å². The third kappa shape index (κ3) is 2.03. The zero-order valence-electron chi connectivity index (χ0n) is 14.3. The molecular formula is C21H27ClO. The van der Waals surface area contributed by atoms with Gasteiger partial charge in [-0.3, -0.25) is 4.79 Å². The second kappa shape index (κ2) is 5.13. The van der Waals surface area contributed by atoms with Gasteiger partial charge in [0.05, 0.1) is 0 Å². The molecular weight excluding hydrogens is 304 g/mol. The zero-order valence-corrected chi connectivity index (χ0v) is 15.1. The first-order chi connectivity index (χ1) is 10.9. The topological polar surface area (TPSA) is 17.1 Å². The Kier molecular flexibility index (Phi) is 3.51. The van der Waals surface area contributed by atoms with Crippen LogP contribution in [0.4, 0.5) is 0 Å². The second-order valence-corrected chi connectivity index (χ2v) is 9.36. The lowest BCUT2D eigenvalue weighted by atomic mass is 9.47. The van der Waals surface area contributed by atoms with E-state index in [9.17, 15) is 4.79 Å². The maximum Gasteiger partial charge on any atom is 0.139 e. The minimum atomic E-state index is -0.0770. The molecule has 1 nitrogen and oxygen atoms in total. The van der Waals surface area contributed by atoms with Crippen molar-refractivity contribution in [2.45, 2.75) is 65.2 Å². The van der Waals surface area contributed by atoms with Crippen molar-refractivity contribution in [3.8, 4) is 12.3 Å². The summed E-state index contributed by atoms with van der Waals surface area (Å²) >= 11 is 6.81. The van der Waals surface area contributed by atoms with E-state index < -0.39 is 0 Å². The molecule has 0 aromatic carbocycles. The molecule has 0 N–H and O–H groups in total. The van der Waals surface area contributed by atoms with E-state index in [1.54, 1.807) is 0 Å². The summed E-state index contributed by atoms with van der Waals surface area (Å²) in [5.41, 5.74) is 1.59. The normalized spacial score (nSPS) is 49.2. The van der Waals surface area contributed by atoms with Gasteiger partial charge in [-0.1, -0.05) is 25.4 Å². The Labute approximate surface area is 145 Å². The van der Waals surface area contributed by atoms with E-state index in [1.165, 1.54) is 12.0 Å². The molecule has 0 aliphatic heterocycles. The van der Waals surface area contributed by atoms with Crippen molar-refractivity contribution in [3.63, 3.8) is 0 Å². The summed E-state index contributed by atoms with van der Waals surface area (Å²) in [4.78, 5) is 12.5. The van der Waals surface area contributed by atoms with Crippen molar-refractivity contribution in [1.82, 2.24) is 0 Å². The van der Waals surface area contributed by atoms with Crippen LogP contribution in [-0.4, -0.2) is 5.78 Å². The zero-order chi connectivity index (χ0) is 16.4. The predicted octanol–water partition coefficient (Wildman–Crippen LogP) is 5.33. The fourth-order valence-electron chi connectivity index (χ4n) is 6.77. The van der Waals surface area contributed by atoms with Crippen LogP contribution in [0.2, 0.25) is 0 Å². The number of carbonyl (C=O) groups excluding carboxylic acids is 1. The van der Waals surface area contributed by atoms with Crippen molar-refractivity contribution >= 4 is 17.4 Å². The van der Waals surface area contributed by atoms with Gasteiger partial charge in [-0.15, -0.1) is 12.3 Å². The largest absolute Gasteiger partial charge is 0.299 e. The van der Waals surface area contributed by atoms with Crippen LogP contribution in [0.5, 0.6) is 0 Å². The number of terminal acetylenes is 1. The molecule has 124 valence electrons. The summed E-state index contributed by atoms with van der Waals surface area (Å²) < 4.78 is 0. The Hall–Kier alpha value is -0.740. The molecule has 0 amide bonds. The minimum Gasteiger partial charge on any atom is -0.299 e. The molecule has 4 rings (SSSR count). The summed E-state index contributed by atoms with van der Waals surface area (Å²) in [5.74, 6) is 5.69. The van der Waals surface area contributed by atoms with Gasteiger partial charge in [-0.2, -0.15) is 0 Å². The molecule has 2 heteroatoms. The number of hydrogen-bond acceptors (Lipinski definition) is 1. The highest BCUT2D eigenvalue weighted by Gasteiger charge is 2.59. The van der Waals surface area contributed by atoms with Crippen LogP contribution in [0.25, 0.3) is 0 Å². The van der Waals surface area contributed by atoms with E-state index in [4.69, 9.17) is 18.0 Å². The number of allylic oxidation sites excluding steroid dienone is 2. The van der Waals surface area contributed by atoms with Crippen LogP contribution in [0.3, 0.4) is 0 Å². The third-order valence-electron chi connectivity index (χ3n) is 8.05. The van der Waals surface area contributed by atoms with Gasteiger partial charge in [0.25, 0.3) is 0 Å². The van der Waals surface area contributed by atoms with E-state index in [2.05, 4.69) is 19.8 Å². The summed E-state index contributed by atoms with van der Waals surface area (Å²) in [6, 6.07) is 0. The molecule has 0 saturated heterocycles. The molecule has 0 aromatic heterocycles. The molecule has 0 heterocycles. The molecule has 4 aliphatic carbocycles. The van der Waals surface area contributed by atoms with Crippen LogP contribution in [-0.2, 0) is 4.79 Å². The summed E-state index contributed by atoms with van der Waals surface area (Å²) in [5, 5.41) is 1.10.